The fourth-order valence-corrected chi connectivity index (χ4v) is 1.40. The van der Waals surface area contributed by atoms with E-state index in [0.717, 1.165) is 0 Å². The van der Waals surface area contributed by atoms with Crippen LogP contribution in [-0.4, -0.2) is 12.3 Å². The number of hydrogen-bond acceptors (Lipinski definition) is 1. The van der Waals surface area contributed by atoms with Gasteiger partial charge in [-0.2, -0.15) is 0 Å². The second-order valence-electron chi connectivity index (χ2n) is 3.06. The summed E-state index contributed by atoms with van der Waals surface area (Å²) in [4.78, 5) is 4.44. The Balaban J connectivity index is 2.13. The first-order valence-corrected chi connectivity index (χ1v) is 4.45. The van der Waals surface area contributed by atoms with Crippen LogP contribution in [0.2, 0.25) is 0 Å². The summed E-state index contributed by atoms with van der Waals surface area (Å²) < 4.78 is 0. The lowest BCUT2D eigenvalue weighted by Gasteiger charge is -2.14. The number of aliphatic imine (C=N–C) groups is 1. The molecule has 0 spiro atoms. The Bertz CT molecular complexity index is 107. The van der Waals surface area contributed by atoms with Crippen LogP contribution in [0.5, 0.6) is 0 Å². The maximum absolute atomic E-state index is 4.44. The van der Waals surface area contributed by atoms with E-state index >= 15 is 0 Å². The van der Waals surface area contributed by atoms with Gasteiger partial charge < -0.3 is 0 Å². The van der Waals surface area contributed by atoms with E-state index in [9.17, 15) is 0 Å². The fraction of sp³-hybridized carbons (Fsp3) is 0.889. The molecule has 1 unspecified atom stereocenters. The van der Waals surface area contributed by atoms with Crippen LogP contribution in [-0.2, 0) is 0 Å². The number of unbranched alkanes of at least 4 members (excludes halogenated alkanes) is 1. The van der Waals surface area contributed by atoms with E-state index in [1.807, 2.05) is 0 Å². The van der Waals surface area contributed by atoms with Crippen molar-refractivity contribution in [1.82, 2.24) is 0 Å². The first-order valence-electron chi connectivity index (χ1n) is 4.45. The van der Waals surface area contributed by atoms with Crippen LogP contribution < -0.4 is 0 Å². The van der Waals surface area contributed by atoms with Crippen LogP contribution in [0.25, 0.3) is 0 Å². The smallest absolute Gasteiger partial charge is 0.0495 e. The highest BCUT2D eigenvalue weighted by molar-refractivity contribution is 5.58. The van der Waals surface area contributed by atoms with Gasteiger partial charge >= 0.3 is 0 Å². The maximum atomic E-state index is 4.44. The molecule has 1 aliphatic heterocycles. The molecule has 0 N–H and O–H groups in total. The minimum atomic E-state index is 0.675. The van der Waals surface area contributed by atoms with Gasteiger partial charge in [0.15, 0.2) is 0 Å². The molecule has 10 heavy (non-hydrogen) atoms. The van der Waals surface area contributed by atoms with E-state index in [0.29, 0.717) is 6.04 Å². The first kappa shape index (κ1) is 7.77. The molecule has 1 rings (SSSR count). The van der Waals surface area contributed by atoms with Gasteiger partial charge in [0, 0.05) is 6.04 Å². The fourth-order valence-electron chi connectivity index (χ4n) is 1.40. The van der Waals surface area contributed by atoms with Gasteiger partial charge in [0.2, 0.25) is 0 Å². The molecule has 0 aromatic carbocycles. The quantitative estimate of drug-likeness (QED) is 0.570. The zero-order chi connectivity index (χ0) is 7.23. The van der Waals surface area contributed by atoms with Crippen molar-refractivity contribution in [1.29, 1.82) is 0 Å². The molecule has 0 aromatic heterocycles. The summed E-state index contributed by atoms with van der Waals surface area (Å²) in [5.41, 5.74) is 0. The van der Waals surface area contributed by atoms with Crippen LogP contribution in [0.3, 0.4) is 0 Å². The van der Waals surface area contributed by atoms with E-state index in [1.165, 1.54) is 38.5 Å². The highest BCUT2D eigenvalue weighted by Crippen LogP contribution is 2.14. The normalized spacial score (nSPS) is 25.1. The Kier molecular flexibility index (Phi) is 3.48. The Morgan fingerprint density at radius 3 is 3.10 bits per heavy atom. The molecule has 0 radical (unpaired) electrons. The standard InChI is InChI=1S/C9H17N/c1-2-3-6-9-7-4-5-8-10-9/h8-9H,2-7H2,1H3. The monoisotopic (exact) mass is 139 g/mol. The minimum absolute atomic E-state index is 0.675. The van der Waals surface area contributed by atoms with Gasteiger partial charge in [-0.3, -0.25) is 4.99 Å². The Morgan fingerprint density at radius 2 is 2.50 bits per heavy atom. The molecule has 0 saturated carbocycles. The topological polar surface area (TPSA) is 12.4 Å². The summed E-state index contributed by atoms with van der Waals surface area (Å²) in [6.45, 7) is 2.24. The SMILES string of the molecule is CCCCC1CCCC=N1. The number of nitrogens with zero attached hydrogens (tertiary/aromatic N) is 1. The van der Waals surface area contributed by atoms with E-state index in [-0.39, 0.29) is 0 Å². The van der Waals surface area contributed by atoms with E-state index in [2.05, 4.69) is 18.1 Å². The third-order valence-corrected chi connectivity index (χ3v) is 2.08. The van der Waals surface area contributed by atoms with E-state index in [4.69, 9.17) is 0 Å². The predicted molar refractivity (Wildman–Crippen MR) is 45.7 cm³/mol. The van der Waals surface area contributed by atoms with Crippen molar-refractivity contribution in [3.05, 3.63) is 0 Å². The predicted octanol–water partition coefficient (Wildman–Crippen LogP) is 2.80. The summed E-state index contributed by atoms with van der Waals surface area (Å²) in [5, 5.41) is 0. The zero-order valence-corrected chi connectivity index (χ0v) is 6.84. The lowest BCUT2D eigenvalue weighted by molar-refractivity contribution is 0.517. The van der Waals surface area contributed by atoms with Crippen LogP contribution in [0, 0.1) is 0 Å². The molecular formula is C9H17N. The highest BCUT2D eigenvalue weighted by Gasteiger charge is 2.07. The first-order chi connectivity index (χ1) is 4.93. The van der Waals surface area contributed by atoms with E-state index < -0.39 is 0 Å². The lowest BCUT2D eigenvalue weighted by Crippen LogP contribution is -2.08. The summed E-state index contributed by atoms with van der Waals surface area (Å²) in [6.07, 6.45) is 9.97. The average molecular weight is 139 g/mol. The van der Waals surface area contributed by atoms with Gasteiger partial charge in [-0.05, 0) is 31.9 Å². The van der Waals surface area contributed by atoms with Gasteiger partial charge in [-0.25, -0.2) is 0 Å². The van der Waals surface area contributed by atoms with Crippen molar-refractivity contribution in [3.63, 3.8) is 0 Å². The Labute approximate surface area is 63.5 Å². The van der Waals surface area contributed by atoms with Gasteiger partial charge in [0.05, 0.1) is 0 Å². The molecule has 0 saturated heterocycles. The van der Waals surface area contributed by atoms with Crippen LogP contribution >= 0.6 is 0 Å². The van der Waals surface area contributed by atoms with Crippen molar-refractivity contribution in [2.75, 3.05) is 0 Å². The van der Waals surface area contributed by atoms with Crippen molar-refractivity contribution in [3.8, 4) is 0 Å². The molecule has 58 valence electrons. The number of rotatable bonds is 3. The van der Waals surface area contributed by atoms with Crippen LogP contribution in [0.1, 0.15) is 45.4 Å². The largest absolute Gasteiger partial charge is 0.294 e. The average Bonchev–Trinajstić information content (AvgIpc) is 2.03. The molecule has 0 amide bonds. The van der Waals surface area contributed by atoms with Gasteiger partial charge in [0.25, 0.3) is 0 Å². The summed E-state index contributed by atoms with van der Waals surface area (Å²) in [7, 11) is 0. The van der Waals surface area contributed by atoms with Gasteiger partial charge in [-0.15, -0.1) is 0 Å². The Hall–Kier alpha value is -0.330. The third-order valence-electron chi connectivity index (χ3n) is 2.08. The van der Waals surface area contributed by atoms with Gasteiger partial charge in [0.1, 0.15) is 0 Å². The van der Waals surface area contributed by atoms with Crippen molar-refractivity contribution in [2.45, 2.75) is 51.5 Å². The highest BCUT2D eigenvalue weighted by atomic mass is 14.8. The van der Waals surface area contributed by atoms with Crippen molar-refractivity contribution < 1.29 is 0 Å². The molecule has 1 aliphatic rings. The maximum Gasteiger partial charge on any atom is 0.0495 e. The lowest BCUT2D eigenvalue weighted by atomic mass is 10.0. The molecular weight excluding hydrogens is 122 g/mol. The second-order valence-corrected chi connectivity index (χ2v) is 3.06. The minimum Gasteiger partial charge on any atom is -0.294 e. The molecule has 0 aromatic rings. The molecule has 1 heteroatoms. The summed E-state index contributed by atoms with van der Waals surface area (Å²) in [6, 6.07) is 0.675. The van der Waals surface area contributed by atoms with Crippen molar-refractivity contribution >= 4 is 6.21 Å². The number of hydrogen-bond donors (Lipinski definition) is 0. The summed E-state index contributed by atoms with van der Waals surface area (Å²) >= 11 is 0. The molecule has 0 aliphatic carbocycles. The Morgan fingerprint density at radius 1 is 1.60 bits per heavy atom. The molecule has 1 heterocycles. The van der Waals surface area contributed by atoms with Crippen LogP contribution in [0.4, 0.5) is 0 Å². The van der Waals surface area contributed by atoms with Gasteiger partial charge in [-0.1, -0.05) is 19.8 Å². The second kappa shape index (κ2) is 4.48. The summed E-state index contributed by atoms with van der Waals surface area (Å²) in [5.74, 6) is 0. The van der Waals surface area contributed by atoms with E-state index in [1.54, 1.807) is 0 Å². The zero-order valence-electron chi connectivity index (χ0n) is 6.84. The molecule has 1 atom stereocenters. The molecule has 0 bridgehead atoms. The molecule has 0 fully saturated rings. The van der Waals surface area contributed by atoms with Crippen molar-refractivity contribution in [2.24, 2.45) is 4.99 Å². The third kappa shape index (κ3) is 2.51. The molecule has 1 nitrogen and oxygen atoms in total. The van der Waals surface area contributed by atoms with Crippen LogP contribution in [0.15, 0.2) is 4.99 Å².